The minimum absolute atomic E-state index is 0.101. The number of aromatic nitrogens is 1. The topological polar surface area (TPSA) is 22.1 Å². The number of hydrogen-bond acceptors (Lipinski definition) is 2. The first-order valence-corrected chi connectivity index (χ1v) is 7.62. The number of nitrogens with zero attached hydrogens (tertiary/aromatic N) is 1. The number of benzene rings is 1. The van der Waals surface area contributed by atoms with E-state index in [2.05, 4.69) is 4.98 Å². The number of rotatable bonds is 2. The zero-order valence-electron chi connectivity index (χ0n) is 11.0. The lowest BCUT2D eigenvalue weighted by molar-refractivity contribution is -0.138. The molecule has 2 rings (SSSR count). The Hall–Kier alpha value is -0.590. The molecule has 0 aliphatic carbocycles. The third-order valence-electron chi connectivity index (χ3n) is 2.86. The fraction of sp³-hybridized carbons (Fsp3) is 0.154. The van der Waals surface area contributed by atoms with E-state index < -0.39 is 17.5 Å². The summed E-state index contributed by atoms with van der Waals surface area (Å²) in [5.41, 5.74) is -1.40. The van der Waals surface area contributed by atoms with Gasteiger partial charge in [-0.05, 0) is 6.07 Å². The number of halogens is 8. The molecule has 0 aliphatic rings. The van der Waals surface area contributed by atoms with Crippen molar-refractivity contribution in [2.45, 2.75) is 6.18 Å². The van der Waals surface area contributed by atoms with E-state index in [0.29, 0.717) is 0 Å². The summed E-state index contributed by atoms with van der Waals surface area (Å²) in [5, 5.41) is -0.789. The Bertz CT molecular complexity index is 750. The fourth-order valence-electron chi connectivity index (χ4n) is 1.87. The van der Waals surface area contributed by atoms with Crippen LogP contribution in [0.3, 0.4) is 0 Å². The van der Waals surface area contributed by atoms with E-state index in [0.717, 1.165) is 19.4 Å². The molecule has 0 N–H and O–H groups in total. The summed E-state index contributed by atoms with van der Waals surface area (Å²) in [5.74, 6) is -0.557. The highest BCUT2D eigenvalue weighted by atomic mass is 35.5. The summed E-state index contributed by atoms with van der Waals surface area (Å²) >= 11 is 29.9. The Balaban J connectivity index is 2.89. The van der Waals surface area contributed by atoms with Crippen LogP contribution in [0.5, 0.6) is 5.75 Å². The highest BCUT2D eigenvalue weighted by molar-refractivity contribution is 6.56. The zero-order valence-corrected chi connectivity index (χ0v) is 14.8. The molecule has 0 atom stereocenters. The molecule has 23 heavy (non-hydrogen) atoms. The minimum atomic E-state index is -4.66. The van der Waals surface area contributed by atoms with Gasteiger partial charge in [0.2, 0.25) is 0 Å². The third kappa shape index (κ3) is 3.30. The van der Waals surface area contributed by atoms with Gasteiger partial charge in [0, 0.05) is 11.8 Å². The van der Waals surface area contributed by atoms with Crippen LogP contribution in [0.4, 0.5) is 13.2 Å². The Labute approximate surface area is 154 Å². The smallest absolute Gasteiger partial charge is 0.420 e. The zero-order chi connectivity index (χ0) is 17.5. The lowest BCUT2D eigenvalue weighted by Crippen LogP contribution is -2.09. The quantitative estimate of drug-likeness (QED) is 0.380. The normalized spacial score (nSPS) is 11.7. The molecule has 0 radical (unpaired) electrons. The lowest BCUT2D eigenvalue weighted by atomic mass is 10.1. The van der Waals surface area contributed by atoms with Gasteiger partial charge < -0.3 is 4.74 Å². The van der Waals surface area contributed by atoms with Gasteiger partial charge in [0.1, 0.15) is 11.3 Å². The van der Waals surface area contributed by atoms with Gasteiger partial charge in [-0.15, -0.1) is 0 Å². The van der Waals surface area contributed by atoms with Crippen LogP contribution in [0.2, 0.25) is 25.1 Å². The van der Waals surface area contributed by atoms with Crippen LogP contribution in [-0.4, -0.2) is 12.1 Å². The standard InChI is InChI=1S/C13H5Cl5F3NO/c1-23-12-4(13(19,20)21)2-3-22-11(12)5-6(14)8(16)10(18)9(17)7(5)15/h2-3H,1H3. The van der Waals surface area contributed by atoms with Crippen molar-refractivity contribution in [1.29, 1.82) is 0 Å². The van der Waals surface area contributed by atoms with E-state index in [-0.39, 0.29) is 36.4 Å². The second-order valence-corrected chi connectivity index (χ2v) is 6.07. The Morgan fingerprint density at radius 2 is 1.39 bits per heavy atom. The summed E-state index contributed by atoms with van der Waals surface area (Å²) in [4.78, 5) is 3.87. The Morgan fingerprint density at radius 3 is 1.83 bits per heavy atom. The van der Waals surface area contributed by atoms with Gasteiger partial charge in [0.05, 0.1) is 32.2 Å². The van der Waals surface area contributed by atoms with Gasteiger partial charge >= 0.3 is 6.18 Å². The van der Waals surface area contributed by atoms with Crippen molar-refractivity contribution in [2.24, 2.45) is 0 Å². The summed E-state index contributed by atoms with van der Waals surface area (Å²) < 4.78 is 44.2. The molecular formula is C13H5Cl5F3NO. The van der Waals surface area contributed by atoms with Crippen LogP contribution < -0.4 is 4.74 Å². The average Bonchev–Trinajstić information content (AvgIpc) is 2.50. The van der Waals surface area contributed by atoms with Gasteiger partial charge in [-0.1, -0.05) is 58.0 Å². The molecular weight excluding hydrogens is 420 g/mol. The highest BCUT2D eigenvalue weighted by Gasteiger charge is 2.37. The van der Waals surface area contributed by atoms with Crippen LogP contribution in [0.25, 0.3) is 11.3 Å². The lowest BCUT2D eigenvalue weighted by Gasteiger charge is -2.17. The molecule has 2 nitrogen and oxygen atoms in total. The summed E-state index contributed by atoms with van der Waals surface area (Å²) in [7, 11) is 1.07. The molecule has 0 spiro atoms. The molecule has 10 heteroatoms. The van der Waals surface area contributed by atoms with Crippen LogP contribution in [-0.2, 0) is 6.18 Å². The summed E-state index contributed by atoms with van der Waals surface area (Å²) in [6.45, 7) is 0. The molecule has 0 bridgehead atoms. The number of pyridine rings is 1. The maximum Gasteiger partial charge on any atom is 0.420 e. The minimum Gasteiger partial charge on any atom is -0.494 e. The maximum absolute atomic E-state index is 13.1. The van der Waals surface area contributed by atoms with E-state index in [1.165, 1.54) is 0 Å². The SMILES string of the molecule is COc1c(C(F)(F)F)ccnc1-c1c(Cl)c(Cl)c(Cl)c(Cl)c1Cl. The van der Waals surface area contributed by atoms with Crippen molar-refractivity contribution < 1.29 is 17.9 Å². The van der Waals surface area contributed by atoms with E-state index in [4.69, 9.17) is 62.7 Å². The van der Waals surface area contributed by atoms with E-state index in [1.807, 2.05) is 0 Å². The molecule has 0 unspecified atom stereocenters. The van der Waals surface area contributed by atoms with Crippen molar-refractivity contribution in [3.63, 3.8) is 0 Å². The van der Waals surface area contributed by atoms with Gasteiger partial charge in [-0.25, -0.2) is 0 Å². The number of ether oxygens (including phenoxy) is 1. The molecule has 124 valence electrons. The van der Waals surface area contributed by atoms with Crippen LogP contribution in [0.1, 0.15) is 5.56 Å². The average molecular weight is 425 g/mol. The highest BCUT2D eigenvalue weighted by Crippen LogP contribution is 2.51. The van der Waals surface area contributed by atoms with E-state index in [9.17, 15) is 13.2 Å². The molecule has 0 aliphatic heterocycles. The van der Waals surface area contributed by atoms with Crippen molar-refractivity contribution in [3.05, 3.63) is 42.9 Å². The molecule has 1 heterocycles. The Morgan fingerprint density at radius 1 is 0.913 bits per heavy atom. The van der Waals surface area contributed by atoms with Crippen LogP contribution in [0.15, 0.2) is 12.3 Å². The largest absolute Gasteiger partial charge is 0.494 e. The third-order valence-corrected chi connectivity index (χ3v) is 5.14. The van der Waals surface area contributed by atoms with Gasteiger partial charge in [-0.2, -0.15) is 13.2 Å². The molecule has 0 fully saturated rings. The molecule has 0 saturated heterocycles. The van der Waals surface area contributed by atoms with Gasteiger partial charge in [0.25, 0.3) is 0 Å². The van der Waals surface area contributed by atoms with Crippen molar-refractivity contribution in [1.82, 2.24) is 4.98 Å². The molecule has 0 amide bonds. The van der Waals surface area contributed by atoms with Crippen LogP contribution in [0, 0.1) is 0 Å². The van der Waals surface area contributed by atoms with Crippen molar-refractivity contribution in [3.8, 4) is 17.0 Å². The van der Waals surface area contributed by atoms with Crippen molar-refractivity contribution in [2.75, 3.05) is 7.11 Å². The first kappa shape index (κ1) is 18.7. The predicted octanol–water partition coefficient (Wildman–Crippen LogP) is 7.04. The molecule has 0 saturated carbocycles. The summed E-state index contributed by atoms with van der Waals surface area (Å²) in [6.07, 6.45) is -3.72. The molecule has 1 aromatic carbocycles. The summed E-state index contributed by atoms with van der Waals surface area (Å²) in [6, 6.07) is 0.767. The first-order chi connectivity index (χ1) is 10.6. The molecule has 1 aromatic heterocycles. The molecule has 2 aromatic rings. The van der Waals surface area contributed by atoms with Gasteiger partial charge in [0.15, 0.2) is 5.75 Å². The monoisotopic (exact) mass is 423 g/mol. The van der Waals surface area contributed by atoms with Gasteiger partial charge in [-0.3, -0.25) is 4.98 Å². The van der Waals surface area contributed by atoms with Crippen molar-refractivity contribution >= 4 is 58.0 Å². The predicted molar refractivity (Wildman–Crippen MR) is 86.3 cm³/mol. The number of hydrogen-bond donors (Lipinski definition) is 0. The second-order valence-electron chi connectivity index (χ2n) is 4.18. The van der Waals surface area contributed by atoms with E-state index in [1.54, 1.807) is 0 Å². The fourth-order valence-corrected chi connectivity index (χ4v) is 3.19. The first-order valence-electron chi connectivity index (χ1n) is 5.73. The number of alkyl halides is 3. The Kier molecular flexibility index (Phi) is 5.48. The second kappa shape index (κ2) is 6.73. The van der Waals surface area contributed by atoms with Crippen LogP contribution >= 0.6 is 58.0 Å². The maximum atomic E-state index is 13.1. The number of methoxy groups -OCH3 is 1. The van der Waals surface area contributed by atoms with E-state index >= 15 is 0 Å².